The van der Waals surface area contributed by atoms with E-state index >= 15 is 0 Å². The summed E-state index contributed by atoms with van der Waals surface area (Å²) in [5.74, 6) is 1.64. The molecule has 1 heterocycles. The molecule has 0 amide bonds. The Kier molecular flexibility index (Phi) is 6.47. The van der Waals surface area contributed by atoms with E-state index in [0.29, 0.717) is 13.1 Å². The van der Waals surface area contributed by atoms with Gasteiger partial charge in [-0.3, -0.25) is 0 Å². The summed E-state index contributed by atoms with van der Waals surface area (Å²) in [5, 5.41) is 10.3. The number of aromatic nitrogens is 1. The van der Waals surface area contributed by atoms with Gasteiger partial charge in [0.05, 0.1) is 13.1 Å². The molecule has 6 nitrogen and oxygen atoms in total. The van der Waals surface area contributed by atoms with Crippen molar-refractivity contribution in [3.63, 3.8) is 0 Å². The van der Waals surface area contributed by atoms with E-state index in [4.69, 9.17) is 9.26 Å². The maximum Gasteiger partial charge on any atom is 0.191 e. The summed E-state index contributed by atoms with van der Waals surface area (Å²) in [6, 6.07) is 9.81. The van der Waals surface area contributed by atoms with Crippen LogP contribution in [0.1, 0.15) is 25.1 Å². The Balaban J connectivity index is 1.85. The molecule has 1 aromatic carbocycles. The molecular formula is C17H24N4O2. The third-order valence-electron chi connectivity index (χ3n) is 3.21. The maximum absolute atomic E-state index is 5.95. The number of hydrogen-bond donors (Lipinski definition) is 2. The first-order chi connectivity index (χ1) is 11.2. The second-order valence-electron chi connectivity index (χ2n) is 5.26. The minimum absolute atomic E-state index is 0.0204. The molecule has 0 bridgehead atoms. The van der Waals surface area contributed by atoms with Crippen LogP contribution in [0.25, 0.3) is 0 Å². The quantitative estimate of drug-likeness (QED) is 0.606. The van der Waals surface area contributed by atoms with E-state index in [1.807, 2.05) is 45.0 Å². The van der Waals surface area contributed by atoms with Crippen molar-refractivity contribution in [1.82, 2.24) is 15.8 Å². The molecule has 0 aliphatic rings. The maximum atomic E-state index is 5.95. The van der Waals surface area contributed by atoms with Gasteiger partial charge in [0.1, 0.15) is 23.8 Å². The lowest BCUT2D eigenvalue weighted by atomic mass is 10.2. The normalized spacial score (nSPS) is 12.7. The van der Waals surface area contributed by atoms with Crippen molar-refractivity contribution in [2.75, 3.05) is 13.1 Å². The number of ether oxygens (including phenoxy) is 1. The first-order valence-corrected chi connectivity index (χ1v) is 7.82. The van der Waals surface area contributed by atoms with Gasteiger partial charge in [0.2, 0.25) is 0 Å². The Bertz CT molecular complexity index is 611. The molecule has 6 heteroatoms. The van der Waals surface area contributed by atoms with Gasteiger partial charge in [0.25, 0.3) is 0 Å². The number of benzene rings is 1. The summed E-state index contributed by atoms with van der Waals surface area (Å²) >= 11 is 0. The summed E-state index contributed by atoms with van der Waals surface area (Å²) < 4.78 is 10.8. The van der Waals surface area contributed by atoms with Gasteiger partial charge in [-0.1, -0.05) is 23.4 Å². The minimum Gasteiger partial charge on any atom is -0.489 e. The van der Waals surface area contributed by atoms with Gasteiger partial charge in [0, 0.05) is 12.6 Å². The van der Waals surface area contributed by atoms with Crippen LogP contribution in [0.3, 0.4) is 0 Å². The zero-order valence-electron chi connectivity index (χ0n) is 13.9. The summed E-state index contributed by atoms with van der Waals surface area (Å²) in [7, 11) is 0. The molecule has 0 saturated carbocycles. The molecule has 1 unspecified atom stereocenters. The topological polar surface area (TPSA) is 71.7 Å². The number of hydrogen-bond acceptors (Lipinski definition) is 4. The second-order valence-corrected chi connectivity index (χ2v) is 5.26. The monoisotopic (exact) mass is 316 g/mol. The number of para-hydroxylation sites is 1. The molecule has 2 N–H and O–H groups in total. The Morgan fingerprint density at radius 1 is 1.30 bits per heavy atom. The molecule has 0 aliphatic heterocycles. The number of aryl methyl sites for hydroxylation is 1. The zero-order chi connectivity index (χ0) is 16.5. The van der Waals surface area contributed by atoms with Gasteiger partial charge in [-0.25, -0.2) is 4.99 Å². The van der Waals surface area contributed by atoms with Crippen molar-refractivity contribution in [3.8, 4) is 5.75 Å². The first kappa shape index (κ1) is 16.9. The molecule has 2 aromatic rings. The predicted molar refractivity (Wildman–Crippen MR) is 90.6 cm³/mol. The highest BCUT2D eigenvalue weighted by atomic mass is 16.5. The summed E-state index contributed by atoms with van der Waals surface area (Å²) in [4.78, 5) is 4.47. The number of nitrogens with zero attached hydrogens (tertiary/aromatic N) is 2. The number of aliphatic imine (C=N–C) groups is 1. The molecule has 0 spiro atoms. The van der Waals surface area contributed by atoms with Crippen LogP contribution in [0.4, 0.5) is 0 Å². The molecule has 0 fully saturated rings. The highest BCUT2D eigenvalue weighted by Gasteiger charge is 2.07. The van der Waals surface area contributed by atoms with Gasteiger partial charge < -0.3 is 19.9 Å². The molecule has 1 atom stereocenters. The van der Waals surface area contributed by atoms with Crippen molar-refractivity contribution < 1.29 is 9.26 Å². The lowest BCUT2D eigenvalue weighted by Gasteiger charge is -2.18. The van der Waals surface area contributed by atoms with E-state index < -0.39 is 0 Å². The van der Waals surface area contributed by atoms with Crippen LogP contribution in [0, 0.1) is 6.92 Å². The van der Waals surface area contributed by atoms with Crippen LogP contribution >= 0.6 is 0 Å². The van der Waals surface area contributed by atoms with E-state index in [9.17, 15) is 0 Å². The summed E-state index contributed by atoms with van der Waals surface area (Å²) in [6.45, 7) is 8.01. The van der Waals surface area contributed by atoms with Crippen LogP contribution in [-0.4, -0.2) is 30.3 Å². The molecule has 0 radical (unpaired) electrons. The second kappa shape index (κ2) is 8.82. The largest absolute Gasteiger partial charge is 0.489 e. The third kappa shape index (κ3) is 5.65. The first-order valence-electron chi connectivity index (χ1n) is 7.82. The average Bonchev–Trinajstić information content (AvgIpc) is 3.06. The Hall–Kier alpha value is -2.50. The minimum atomic E-state index is 0.0204. The Morgan fingerprint density at radius 3 is 2.83 bits per heavy atom. The predicted octanol–water partition coefficient (Wildman–Crippen LogP) is 2.51. The lowest BCUT2D eigenvalue weighted by Crippen LogP contribution is -2.41. The van der Waals surface area contributed by atoms with Crippen LogP contribution in [0.5, 0.6) is 5.75 Å². The van der Waals surface area contributed by atoms with Crippen LogP contribution in [0.2, 0.25) is 0 Å². The Labute approximate surface area is 136 Å². The van der Waals surface area contributed by atoms with Gasteiger partial charge in [-0.05, 0) is 32.4 Å². The van der Waals surface area contributed by atoms with Crippen LogP contribution in [-0.2, 0) is 6.54 Å². The molecule has 2 rings (SSSR count). The van der Waals surface area contributed by atoms with E-state index in [0.717, 1.165) is 29.5 Å². The van der Waals surface area contributed by atoms with E-state index in [1.54, 1.807) is 12.3 Å². The van der Waals surface area contributed by atoms with Crippen LogP contribution < -0.4 is 15.4 Å². The van der Waals surface area contributed by atoms with Crippen LogP contribution in [0.15, 0.2) is 46.1 Å². The third-order valence-corrected chi connectivity index (χ3v) is 3.21. The van der Waals surface area contributed by atoms with Gasteiger partial charge in [-0.15, -0.1) is 0 Å². The number of guanidine groups is 1. The van der Waals surface area contributed by atoms with E-state index in [2.05, 4.69) is 20.8 Å². The van der Waals surface area contributed by atoms with Crippen molar-refractivity contribution >= 4 is 5.96 Å². The van der Waals surface area contributed by atoms with Gasteiger partial charge in [0.15, 0.2) is 5.96 Å². The van der Waals surface area contributed by atoms with E-state index in [1.165, 1.54) is 0 Å². The van der Waals surface area contributed by atoms with Gasteiger partial charge in [-0.2, -0.15) is 0 Å². The highest BCUT2D eigenvalue weighted by Crippen LogP contribution is 2.17. The molecule has 0 aliphatic carbocycles. The molecule has 23 heavy (non-hydrogen) atoms. The summed E-state index contributed by atoms with van der Waals surface area (Å²) in [5.41, 5.74) is 1.93. The van der Waals surface area contributed by atoms with Crippen molar-refractivity contribution in [2.45, 2.75) is 33.4 Å². The fraction of sp³-hybridized carbons (Fsp3) is 0.412. The molecule has 124 valence electrons. The van der Waals surface area contributed by atoms with Crippen molar-refractivity contribution in [1.29, 1.82) is 0 Å². The fourth-order valence-electron chi connectivity index (χ4n) is 2.01. The molecule has 0 saturated heterocycles. The van der Waals surface area contributed by atoms with E-state index in [-0.39, 0.29) is 6.10 Å². The summed E-state index contributed by atoms with van der Waals surface area (Å²) in [6.07, 6.45) is 1.57. The Morgan fingerprint density at radius 2 is 2.13 bits per heavy atom. The van der Waals surface area contributed by atoms with Crippen molar-refractivity contribution in [3.05, 3.63) is 47.9 Å². The number of nitrogens with one attached hydrogen (secondary N) is 2. The standard InChI is InChI=1S/C17H24N4O2/c1-4-18-17(20-12-15-9-10-22-21-15)19-11-14(3)23-16-8-6-5-7-13(16)2/h5-10,14H,4,11-12H2,1-3H3,(H2,18,19,20). The average molecular weight is 316 g/mol. The number of rotatable bonds is 7. The zero-order valence-corrected chi connectivity index (χ0v) is 13.9. The smallest absolute Gasteiger partial charge is 0.191 e. The SMILES string of the molecule is CCNC(=NCc1ccon1)NCC(C)Oc1ccccc1C. The lowest BCUT2D eigenvalue weighted by molar-refractivity contribution is 0.222. The molecular weight excluding hydrogens is 292 g/mol. The highest BCUT2D eigenvalue weighted by molar-refractivity contribution is 5.79. The van der Waals surface area contributed by atoms with Gasteiger partial charge >= 0.3 is 0 Å². The molecule has 1 aromatic heterocycles. The van der Waals surface area contributed by atoms with Crippen molar-refractivity contribution in [2.24, 2.45) is 4.99 Å². The fourth-order valence-corrected chi connectivity index (χ4v) is 2.01.